The van der Waals surface area contributed by atoms with Gasteiger partial charge >= 0.3 is 0 Å². The molecule has 170 valence electrons. The molecule has 2 atom stereocenters. The van der Waals surface area contributed by atoms with E-state index in [-0.39, 0.29) is 12.3 Å². The van der Waals surface area contributed by atoms with Gasteiger partial charge in [0.1, 0.15) is 11.3 Å². The monoisotopic (exact) mass is 477 g/mol. The molecule has 3 heterocycles. The molecule has 2 aliphatic rings. The summed E-state index contributed by atoms with van der Waals surface area (Å²) in [6.07, 6.45) is 0.459. The van der Waals surface area contributed by atoms with Crippen molar-refractivity contribution in [3.05, 3.63) is 119 Å². The van der Waals surface area contributed by atoms with E-state index in [0.717, 1.165) is 51.0 Å². The van der Waals surface area contributed by atoms with Crippen LogP contribution in [-0.4, -0.2) is 15.9 Å². The molecule has 7 rings (SSSR count). The highest BCUT2D eigenvalue weighted by Gasteiger charge is 2.41. The Balaban J connectivity index is 1.34. The van der Waals surface area contributed by atoms with Crippen LogP contribution in [0.1, 0.15) is 35.4 Å². The fourth-order valence-corrected chi connectivity index (χ4v) is 5.11. The van der Waals surface area contributed by atoms with E-state index in [1.807, 2.05) is 54.6 Å². The maximum absolute atomic E-state index is 6.55. The lowest BCUT2D eigenvalue weighted by Gasteiger charge is -2.38. The fourth-order valence-electron chi connectivity index (χ4n) is 4.98. The number of ether oxygens (including phenoxy) is 1. The molecule has 0 bridgehead atoms. The van der Waals surface area contributed by atoms with Crippen molar-refractivity contribution in [3.63, 3.8) is 0 Å². The van der Waals surface area contributed by atoms with Crippen LogP contribution in [0, 0.1) is 0 Å². The minimum absolute atomic E-state index is 0.106. The van der Waals surface area contributed by atoms with Crippen molar-refractivity contribution in [1.82, 2.24) is 10.2 Å². The van der Waals surface area contributed by atoms with Gasteiger partial charge in [0.05, 0.1) is 17.1 Å². The van der Waals surface area contributed by atoms with Gasteiger partial charge in [-0.25, -0.2) is 5.01 Å². The van der Waals surface area contributed by atoms with Crippen molar-refractivity contribution >= 4 is 28.2 Å². The van der Waals surface area contributed by atoms with Crippen molar-refractivity contribution in [2.24, 2.45) is 5.10 Å². The first-order chi connectivity index (χ1) is 17.2. The van der Waals surface area contributed by atoms with E-state index in [4.69, 9.17) is 26.0 Å². The van der Waals surface area contributed by atoms with Crippen molar-refractivity contribution < 1.29 is 9.26 Å². The first-order valence-electron chi connectivity index (χ1n) is 11.6. The number of hydrazone groups is 1. The largest absolute Gasteiger partial charge is 0.464 e. The Bertz CT molecular complexity index is 1580. The van der Waals surface area contributed by atoms with Crippen LogP contribution in [0.2, 0.25) is 5.02 Å². The van der Waals surface area contributed by atoms with Gasteiger partial charge in [0, 0.05) is 28.1 Å². The van der Waals surface area contributed by atoms with Gasteiger partial charge in [-0.3, -0.25) is 0 Å². The summed E-state index contributed by atoms with van der Waals surface area (Å²) in [5, 5.41) is 13.0. The minimum Gasteiger partial charge on any atom is -0.464 e. The number of hydrogen-bond donors (Lipinski definition) is 0. The summed E-state index contributed by atoms with van der Waals surface area (Å²) in [6.45, 7) is 0. The molecule has 2 unspecified atom stereocenters. The molecule has 1 aromatic heterocycles. The zero-order valence-corrected chi connectivity index (χ0v) is 19.4. The van der Waals surface area contributed by atoms with E-state index in [2.05, 4.69) is 52.6 Å². The SMILES string of the molecule is Clc1ccc(-c2onc3ccc(C4Oc5ccccc5C5CC(c6ccccc6)=NN54)cc23)cc1. The summed E-state index contributed by atoms with van der Waals surface area (Å²) < 4.78 is 12.3. The lowest BCUT2D eigenvalue weighted by molar-refractivity contribution is -0.0189. The molecular weight excluding hydrogens is 458 g/mol. The number of rotatable bonds is 3. The van der Waals surface area contributed by atoms with Crippen LogP contribution in [0.25, 0.3) is 22.2 Å². The third-order valence-corrected chi connectivity index (χ3v) is 6.95. The van der Waals surface area contributed by atoms with Gasteiger partial charge in [-0.15, -0.1) is 0 Å². The molecule has 0 aliphatic carbocycles. The maximum atomic E-state index is 6.55. The summed E-state index contributed by atoms with van der Waals surface area (Å²) in [6, 6.07) is 32.4. The molecule has 0 spiro atoms. The first kappa shape index (κ1) is 20.3. The molecule has 4 aromatic carbocycles. The van der Waals surface area contributed by atoms with E-state index in [1.54, 1.807) is 0 Å². The molecular formula is C29H20ClN3O2. The van der Waals surface area contributed by atoms with E-state index in [9.17, 15) is 0 Å². The number of hydrogen-bond acceptors (Lipinski definition) is 5. The normalized spacial score (nSPS) is 18.7. The molecule has 0 N–H and O–H groups in total. The second-order valence-corrected chi connectivity index (χ2v) is 9.25. The number of halogens is 1. The first-order valence-corrected chi connectivity index (χ1v) is 11.9. The number of fused-ring (bicyclic) bond motifs is 4. The Morgan fingerprint density at radius 3 is 2.49 bits per heavy atom. The highest BCUT2D eigenvalue weighted by atomic mass is 35.5. The molecule has 0 radical (unpaired) electrons. The smallest absolute Gasteiger partial charge is 0.213 e. The van der Waals surface area contributed by atoms with Crippen LogP contribution in [0.5, 0.6) is 5.75 Å². The Morgan fingerprint density at radius 1 is 0.829 bits per heavy atom. The quantitative estimate of drug-likeness (QED) is 0.272. The van der Waals surface area contributed by atoms with E-state index < -0.39 is 0 Å². The molecule has 0 saturated heterocycles. The molecule has 35 heavy (non-hydrogen) atoms. The van der Waals surface area contributed by atoms with Crippen LogP contribution < -0.4 is 4.74 Å². The van der Waals surface area contributed by atoms with Crippen LogP contribution >= 0.6 is 11.6 Å². The van der Waals surface area contributed by atoms with Gasteiger partial charge in [-0.05, 0) is 48.0 Å². The summed E-state index contributed by atoms with van der Waals surface area (Å²) in [4.78, 5) is 0. The summed E-state index contributed by atoms with van der Waals surface area (Å²) in [5.41, 5.74) is 6.07. The molecule has 6 heteroatoms. The van der Waals surface area contributed by atoms with E-state index >= 15 is 0 Å². The van der Waals surface area contributed by atoms with Crippen molar-refractivity contribution in [2.75, 3.05) is 0 Å². The van der Waals surface area contributed by atoms with E-state index in [0.29, 0.717) is 10.8 Å². The molecule has 0 saturated carbocycles. The van der Waals surface area contributed by atoms with Crippen LogP contribution in [-0.2, 0) is 0 Å². The average Bonchev–Trinajstić information content (AvgIpc) is 3.54. The minimum atomic E-state index is -0.367. The third kappa shape index (κ3) is 3.39. The Labute approximate surface area is 207 Å². The molecule has 0 fully saturated rings. The summed E-state index contributed by atoms with van der Waals surface area (Å²) >= 11 is 6.09. The zero-order valence-electron chi connectivity index (χ0n) is 18.6. The van der Waals surface area contributed by atoms with E-state index in [1.165, 1.54) is 0 Å². The van der Waals surface area contributed by atoms with Gasteiger partial charge in [0.25, 0.3) is 0 Å². The topological polar surface area (TPSA) is 50.9 Å². The molecule has 2 aliphatic heterocycles. The third-order valence-electron chi connectivity index (χ3n) is 6.70. The van der Waals surface area contributed by atoms with Crippen molar-refractivity contribution in [3.8, 4) is 17.1 Å². The summed E-state index contributed by atoms with van der Waals surface area (Å²) in [5.74, 6) is 1.60. The number of benzene rings is 4. The van der Waals surface area contributed by atoms with Gasteiger partial charge < -0.3 is 9.26 Å². The Morgan fingerprint density at radius 2 is 1.63 bits per heavy atom. The highest BCUT2D eigenvalue weighted by Crippen LogP contribution is 2.48. The number of aromatic nitrogens is 1. The molecule has 5 nitrogen and oxygen atoms in total. The molecule has 5 aromatic rings. The summed E-state index contributed by atoms with van der Waals surface area (Å²) in [7, 11) is 0. The predicted octanol–water partition coefficient (Wildman–Crippen LogP) is 7.39. The number of nitrogens with zero attached hydrogens (tertiary/aromatic N) is 3. The second-order valence-electron chi connectivity index (χ2n) is 8.82. The van der Waals surface area contributed by atoms with Gasteiger partial charge in [-0.1, -0.05) is 71.4 Å². The maximum Gasteiger partial charge on any atom is 0.213 e. The lowest BCUT2D eigenvalue weighted by Crippen LogP contribution is -2.33. The second kappa shape index (κ2) is 8.00. The van der Waals surface area contributed by atoms with Crippen LogP contribution in [0.3, 0.4) is 0 Å². The lowest BCUT2D eigenvalue weighted by atomic mass is 9.95. The van der Waals surface area contributed by atoms with Gasteiger partial charge in [0.15, 0.2) is 5.76 Å². The zero-order chi connectivity index (χ0) is 23.4. The van der Waals surface area contributed by atoms with Gasteiger partial charge in [-0.2, -0.15) is 5.10 Å². The predicted molar refractivity (Wildman–Crippen MR) is 136 cm³/mol. The standard InChI is InChI=1S/C29H20ClN3O2/c30-21-13-10-19(11-14-21)28-23-16-20(12-15-24(23)32-35-28)29-33-26(22-8-4-5-9-27(22)34-29)17-25(31-33)18-6-2-1-3-7-18/h1-16,26,29H,17H2. The van der Waals surface area contributed by atoms with Crippen LogP contribution in [0.4, 0.5) is 0 Å². The Hall–Kier alpha value is -4.09. The fraction of sp³-hybridized carbons (Fsp3) is 0.103. The van der Waals surface area contributed by atoms with Gasteiger partial charge in [0.2, 0.25) is 6.23 Å². The van der Waals surface area contributed by atoms with Crippen LogP contribution in [0.15, 0.2) is 107 Å². The highest BCUT2D eigenvalue weighted by molar-refractivity contribution is 6.30. The Kier molecular flexibility index (Phi) is 4.64. The average molecular weight is 478 g/mol. The molecule has 0 amide bonds. The van der Waals surface area contributed by atoms with Crippen molar-refractivity contribution in [2.45, 2.75) is 18.7 Å². The number of para-hydroxylation sites is 1. The van der Waals surface area contributed by atoms with Crippen molar-refractivity contribution in [1.29, 1.82) is 0 Å².